The van der Waals surface area contributed by atoms with E-state index in [0.29, 0.717) is 21.5 Å². The molecule has 21 heavy (non-hydrogen) atoms. The SMILES string of the molecule is C[C@@H](Br)[C@H](OC(=O)C(Cl)(Cl)Cl)c1cc2c(cc1Br)OCO2. The molecule has 2 rings (SSSR count). The fraction of sp³-hybridized carbons (Fsp3) is 0.417. The number of alkyl halides is 4. The van der Waals surface area contributed by atoms with Crippen molar-refractivity contribution in [2.45, 2.75) is 21.6 Å². The number of fused-ring (bicyclic) bond motifs is 1. The Morgan fingerprint density at radius 3 is 2.43 bits per heavy atom. The Balaban J connectivity index is 2.33. The first-order valence-electron chi connectivity index (χ1n) is 5.71. The van der Waals surface area contributed by atoms with Gasteiger partial charge in [0.15, 0.2) is 11.5 Å². The Morgan fingerprint density at radius 2 is 1.90 bits per heavy atom. The van der Waals surface area contributed by atoms with Crippen molar-refractivity contribution in [3.05, 3.63) is 22.2 Å². The highest BCUT2D eigenvalue weighted by molar-refractivity contribution is 9.10. The number of halogens is 5. The fourth-order valence-corrected chi connectivity index (χ4v) is 2.81. The molecule has 4 nitrogen and oxygen atoms in total. The van der Waals surface area contributed by atoms with Gasteiger partial charge in [0.25, 0.3) is 3.79 Å². The molecule has 0 aromatic heterocycles. The lowest BCUT2D eigenvalue weighted by Crippen LogP contribution is -2.27. The first kappa shape index (κ1) is 17.5. The van der Waals surface area contributed by atoms with Crippen LogP contribution in [0.4, 0.5) is 0 Å². The maximum absolute atomic E-state index is 11.8. The summed E-state index contributed by atoms with van der Waals surface area (Å²) in [4.78, 5) is 11.6. The zero-order valence-corrected chi connectivity index (χ0v) is 16.0. The molecule has 0 amide bonds. The van der Waals surface area contributed by atoms with E-state index in [0.717, 1.165) is 0 Å². The smallest absolute Gasteiger partial charge is 0.359 e. The first-order valence-corrected chi connectivity index (χ1v) is 8.55. The van der Waals surface area contributed by atoms with Crippen LogP contribution in [-0.4, -0.2) is 21.4 Å². The summed E-state index contributed by atoms with van der Waals surface area (Å²) in [6.07, 6.45) is -0.669. The van der Waals surface area contributed by atoms with Gasteiger partial charge in [-0.2, -0.15) is 0 Å². The molecule has 0 aliphatic carbocycles. The Kier molecular flexibility index (Phi) is 5.58. The van der Waals surface area contributed by atoms with Crippen LogP contribution in [0.2, 0.25) is 0 Å². The van der Waals surface area contributed by atoms with Crippen LogP contribution in [0.5, 0.6) is 11.5 Å². The van der Waals surface area contributed by atoms with Crippen molar-refractivity contribution in [1.82, 2.24) is 0 Å². The Morgan fingerprint density at radius 1 is 1.33 bits per heavy atom. The predicted octanol–water partition coefficient (Wildman–Crippen LogP) is 4.92. The van der Waals surface area contributed by atoms with Gasteiger partial charge in [0.1, 0.15) is 6.10 Å². The molecule has 1 heterocycles. The van der Waals surface area contributed by atoms with Gasteiger partial charge in [-0.05, 0) is 19.1 Å². The second kappa shape index (κ2) is 6.71. The zero-order valence-electron chi connectivity index (χ0n) is 10.5. The third-order valence-electron chi connectivity index (χ3n) is 2.68. The lowest BCUT2D eigenvalue weighted by atomic mass is 10.1. The van der Waals surface area contributed by atoms with Crippen molar-refractivity contribution in [2.24, 2.45) is 0 Å². The summed E-state index contributed by atoms with van der Waals surface area (Å²) >= 11 is 23.4. The van der Waals surface area contributed by atoms with Gasteiger partial charge in [-0.1, -0.05) is 66.7 Å². The van der Waals surface area contributed by atoms with Gasteiger partial charge < -0.3 is 14.2 Å². The van der Waals surface area contributed by atoms with Gasteiger partial charge in [-0.3, -0.25) is 0 Å². The second-order valence-corrected chi connectivity index (χ2v) is 8.81. The molecule has 0 N–H and O–H groups in total. The molecule has 1 aliphatic rings. The van der Waals surface area contributed by atoms with E-state index in [1.165, 1.54) is 0 Å². The maximum atomic E-state index is 11.8. The largest absolute Gasteiger partial charge is 0.454 e. The highest BCUT2D eigenvalue weighted by Crippen LogP contribution is 2.42. The van der Waals surface area contributed by atoms with Crippen molar-refractivity contribution < 1.29 is 19.0 Å². The summed E-state index contributed by atoms with van der Waals surface area (Å²) in [5.41, 5.74) is 0.672. The van der Waals surface area contributed by atoms with E-state index < -0.39 is 15.9 Å². The van der Waals surface area contributed by atoms with E-state index in [9.17, 15) is 4.79 Å². The van der Waals surface area contributed by atoms with E-state index >= 15 is 0 Å². The van der Waals surface area contributed by atoms with Gasteiger partial charge in [0.2, 0.25) is 6.79 Å². The first-order chi connectivity index (χ1) is 9.70. The standard InChI is InChI=1S/C12H9Br2Cl3O4/c1-5(13)10(21-11(18)12(15,16)17)6-2-8-9(3-7(6)14)20-4-19-8/h2-3,5,10H,4H2,1H3/t5-,10+/m1/s1. The van der Waals surface area contributed by atoms with Gasteiger partial charge >= 0.3 is 5.97 Å². The number of rotatable bonds is 3. The molecule has 116 valence electrons. The number of hydrogen-bond donors (Lipinski definition) is 0. The highest BCUT2D eigenvalue weighted by atomic mass is 79.9. The summed E-state index contributed by atoms with van der Waals surface area (Å²) in [6, 6.07) is 3.46. The number of benzene rings is 1. The third-order valence-corrected chi connectivity index (χ3v) is 4.31. The topological polar surface area (TPSA) is 44.8 Å². The summed E-state index contributed by atoms with van der Waals surface area (Å²) in [6.45, 7) is 1.96. The van der Waals surface area contributed by atoms with E-state index in [1.807, 2.05) is 6.92 Å². The van der Waals surface area contributed by atoms with Crippen LogP contribution in [0, 0.1) is 0 Å². The van der Waals surface area contributed by atoms with E-state index in [-0.39, 0.29) is 11.6 Å². The predicted molar refractivity (Wildman–Crippen MR) is 87.8 cm³/mol. The van der Waals surface area contributed by atoms with Crippen LogP contribution in [0.25, 0.3) is 0 Å². The van der Waals surface area contributed by atoms with E-state index in [2.05, 4.69) is 31.9 Å². The number of carbonyl (C=O) groups excluding carboxylic acids is 1. The van der Waals surface area contributed by atoms with Crippen LogP contribution in [0.1, 0.15) is 18.6 Å². The summed E-state index contributed by atoms with van der Waals surface area (Å²) < 4.78 is 14.4. The summed E-state index contributed by atoms with van der Waals surface area (Å²) in [5, 5.41) is 0. The van der Waals surface area contributed by atoms with Crippen LogP contribution >= 0.6 is 66.7 Å². The Labute approximate surface area is 153 Å². The maximum Gasteiger partial charge on any atom is 0.359 e. The van der Waals surface area contributed by atoms with E-state index in [4.69, 9.17) is 49.0 Å². The normalized spacial score (nSPS) is 16.5. The van der Waals surface area contributed by atoms with Crippen LogP contribution in [-0.2, 0) is 9.53 Å². The molecular formula is C12H9Br2Cl3O4. The minimum atomic E-state index is -2.14. The summed E-state index contributed by atoms with van der Waals surface area (Å²) in [5.74, 6) is 0.226. The molecule has 0 spiro atoms. The molecule has 0 saturated heterocycles. The van der Waals surface area contributed by atoms with Crippen molar-refractivity contribution >= 4 is 72.6 Å². The Bertz CT molecular complexity index is 560. The molecule has 9 heteroatoms. The molecule has 2 atom stereocenters. The van der Waals surface area contributed by atoms with E-state index in [1.54, 1.807) is 12.1 Å². The molecule has 0 radical (unpaired) electrons. The molecule has 1 aromatic rings. The number of esters is 1. The third kappa shape index (κ3) is 4.10. The molecule has 0 fully saturated rings. The average Bonchev–Trinajstić information content (AvgIpc) is 2.80. The van der Waals surface area contributed by atoms with Gasteiger partial charge in [0, 0.05) is 10.0 Å². The van der Waals surface area contributed by atoms with Crippen molar-refractivity contribution in [3.8, 4) is 11.5 Å². The fourth-order valence-electron chi connectivity index (χ4n) is 1.74. The minimum Gasteiger partial charge on any atom is -0.454 e. The Hall–Kier alpha value is 0.120. The van der Waals surface area contributed by atoms with Crippen molar-refractivity contribution in [2.75, 3.05) is 6.79 Å². The minimum absolute atomic E-state index is 0.147. The molecule has 0 unspecified atom stereocenters. The lowest BCUT2D eigenvalue weighted by Gasteiger charge is -2.24. The molecular weight excluding hydrogens is 474 g/mol. The highest BCUT2D eigenvalue weighted by Gasteiger charge is 2.37. The average molecular weight is 483 g/mol. The number of hydrogen-bond acceptors (Lipinski definition) is 4. The van der Waals surface area contributed by atoms with Crippen LogP contribution < -0.4 is 9.47 Å². The zero-order chi connectivity index (χ0) is 15.8. The van der Waals surface area contributed by atoms with Crippen LogP contribution in [0.3, 0.4) is 0 Å². The van der Waals surface area contributed by atoms with Gasteiger partial charge in [-0.15, -0.1) is 0 Å². The monoisotopic (exact) mass is 480 g/mol. The van der Waals surface area contributed by atoms with Gasteiger partial charge in [0.05, 0.1) is 4.83 Å². The lowest BCUT2D eigenvalue weighted by molar-refractivity contribution is -0.148. The number of ether oxygens (including phenoxy) is 3. The molecule has 0 saturated carbocycles. The van der Waals surface area contributed by atoms with Crippen molar-refractivity contribution in [3.63, 3.8) is 0 Å². The van der Waals surface area contributed by atoms with Crippen LogP contribution in [0.15, 0.2) is 16.6 Å². The van der Waals surface area contributed by atoms with Gasteiger partial charge in [-0.25, -0.2) is 4.79 Å². The summed E-state index contributed by atoms with van der Waals surface area (Å²) in [7, 11) is 0. The second-order valence-electron chi connectivity index (χ2n) is 4.23. The molecule has 0 bridgehead atoms. The molecule has 1 aliphatic heterocycles. The van der Waals surface area contributed by atoms with Crippen molar-refractivity contribution in [1.29, 1.82) is 0 Å². The quantitative estimate of drug-likeness (QED) is 0.453. The molecule has 1 aromatic carbocycles. The number of carbonyl (C=O) groups is 1.